The molecule has 0 bridgehead atoms. The van der Waals surface area contributed by atoms with Crippen LogP contribution in [0.2, 0.25) is 0 Å². The van der Waals surface area contributed by atoms with Gasteiger partial charge in [0.2, 0.25) is 5.91 Å². The van der Waals surface area contributed by atoms with Crippen LogP contribution >= 0.6 is 0 Å². The monoisotopic (exact) mass is 375 g/mol. The lowest BCUT2D eigenvalue weighted by atomic mass is 10.1. The highest BCUT2D eigenvalue weighted by Crippen LogP contribution is 2.21. The quantitative estimate of drug-likeness (QED) is 0.588. The first kappa shape index (κ1) is 19.4. The molecule has 5 heteroatoms. The number of carbonyl (C=O) groups excluding carboxylic acids is 1. The number of rotatable bonds is 7. The maximum atomic E-state index is 12.5. The van der Waals surface area contributed by atoms with Gasteiger partial charge >= 0.3 is 0 Å². The summed E-state index contributed by atoms with van der Waals surface area (Å²) in [5.41, 5.74) is 4.20. The fourth-order valence-corrected chi connectivity index (χ4v) is 2.98. The van der Waals surface area contributed by atoms with Crippen molar-refractivity contribution < 1.29 is 9.53 Å². The summed E-state index contributed by atoms with van der Waals surface area (Å²) in [7, 11) is 3.43. The lowest BCUT2D eigenvalue weighted by Gasteiger charge is -2.17. The molecule has 0 aliphatic carbocycles. The molecule has 1 aromatic heterocycles. The van der Waals surface area contributed by atoms with Gasteiger partial charge in [0, 0.05) is 37.0 Å². The number of methoxy groups -OCH3 is 1. The van der Waals surface area contributed by atoms with Crippen LogP contribution in [0.4, 0.5) is 0 Å². The molecule has 0 spiro atoms. The molecule has 0 unspecified atom stereocenters. The van der Waals surface area contributed by atoms with Gasteiger partial charge < -0.3 is 9.64 Å². The number of hydrogen-bond donors (Lipinski definition) is 0. The van der Waals surface area contributed by atoms with Crippen LogP contribution in [0.1, 0.15) is 22.3 Å². The standard InChI is InChI=1S/C23H25N3O2/c1-18-9-11-22(28-3)21(13-18)17-25(2)23(27)12-10-20-14-24-26(16-20)15-19-7-5-4-6-8-19/h4-14,16H,15,17H2,1-3H3/b12-10+. The lowest BCUT2D eigenvalue weighted by Crippen LogP contribution is -2.24. The van der Waals surface area contributed by atoms with E-state index < -0.39 is 0 Å². The van der Waals surface area contributed by atoms with Crippen molar-refractivity contribution in [3.63, 3.8) is 0 Å². The summed E-state index contributed by atoms with van der Waals surface area (Å²) in [4.78, 5) is 14.1. The second-order valence-corrected chi connectivity index (χ2v) is 6.80. The molecule has 0 saturated carbocycles. The van der Waals surface area contributed by atoms with Gasteiger partial charge in [0.15, 0.2) is 0 Å². The zero-order valence-electron chi connectivity index (χ0n) is 16.5. The molecule has 3 aromatic rings. The molecule has 3 rings (SSSR count). The second-order valence-electron chi connectivity index (χ2n) is 6.80. The summed E-state index contributed by atoms with van der Waals surface area (Å²) in [6, 6.07) is 16.1. The second kappa shape index (κ2) is 9.04. The van der Waals surface area contributed by atoms with Crippen molar-refractivity contribution in [1.29, 1.82) is 0 Å². The number of aryl methyl sites for hydroxylation is 1. The normalized spacial score (nSPS) is 11.0. The highest BCUT2D eigenvalue weighted by Gasteiger charge is 2.10. The van der Waals surface area contributed by atoms with Crippen molar-refractivity contribution in [2.45, 2.75) is 20.0 Å². The summed E-state index contributed by atoms with van der Waals surface area (Å²) < 4.78 is 7.26. The maximum Gasteiger partial charge on any atom is 0.246 e. The van der Waals surface area contributed by atoms with E-state index in [0.29, 0.717) is 13.1 Å². The molecule has 28 heavy (non-hydrogen) atoms. The van der Waals surface area contributed by atoms with E-state index in [9.17, 15) is 4.79 Å². The summed E-state index contributed by atoms with van der Waals surface area (Å²) in [5.74, 6) is 0.718. The third kappa shape index (κ3) is 5.10. The number of carbonyl (C=O) groups is 1. The van der Waals surface area contributed by atoms with E-state index in [1.54, 1.807) is 37.4 Å². The van der Waals surface area contributed by atoms with Crippen molar-refractivity contribution in [2.24, 2.45) is 0 Å². The molecule has 5 nitrogen and oxygen atoms in total. The number of aromatic nitrogens is 2. The Kier molecular flexibility index (Phi) is 6.27. The number of hydrogen-bond acceptors (Lipinski definition) is 3. The number of nitrogens with zero attached hydrogens (tertiary/aromatic N) is 3. The topological polar surface area (TPSA) is 47.4 Å². The Hall–Kier alpha value is -3.34. The van der Waals surface area contributed by atoms with Crippen LogP contribution in [0.15, 0.2) is 67.0 Å². The lowest BCUT2D eigenvalue weighted by molar-refractivity contribution is -0.125. The van der Waals surface area contributed by atoms with Crippen LogP contribution in [0.25, 0.3) is 6.08 Å². The molecule has 0 fully saturated rings. The average Bonchev–Trinajstić information content (AvgIpc) is 3.14. The molecular weight excluding hydrogens is 350 g/mol. The van der Waals surface area contributed by atoms with Crippen molar-refractivity contribution in [3.05, 3.63) is 89.3 Å². The average molecular weight is 375 g/mol. The highest BCUT2D eigenvalue weighted by molar-refractivity contribution is 5.91. The van der Waals surface area contributed by atoms with E-state index in [0.717, 1.165) is 22.4 Å². The molecule has 0 radical (unpaired) electrons. The molecule has 0 aliphatic heterocycles. The van der Waals surface area contributed by atoms with Gasteiger partial charge in [-0.2, -0.15) is 5.10 Å². The zero-order valence-corrected chi connectivity index (χ0v) is 16.5. The molecule has 0 saturated heterocycles. The van der Waals surface area contributed by atoms with E-state index in [1.165, 1.54) is 5.56 Å². The highest BCUT2D eigenvalue weighted by atomic mass is 16.5. The number of ether oxygens (including phenoxy) is 1. The molecule has 1 amide bonds. The van der Waals surface area contributed by atoms with E-state index in [1.807, 2.05) is 54.2 Å². The first-order valence-electron chi connectivity index (χ1n) is 9.18. The molecule has 0 aliphatic rings. The third-order valence-corrected chi connectivity index (χ3v) is 4.48. The predicted molar refractivity (Wildman–Crippen MR) is 111 cm³/mol. The summed E-state index contributed by atoms with van der Waals surface area (Å²) in [6.07, 6.45) is 7.06. The minimum atomic E-state index is -0.0700. The Morgan fingerprint density at radius 3 is 2.75 bits per heavy atom. The van der Waals surface area contributed by atoms with Gasteiger partial charge in [-0.15, -0.1) is 0 Å². The van der Waals surface area contributed by atoms with Crippen LogP contribution in [0, 0.1) is 6.92 Å². The van der Waals surface area contributed by atoms with Gasteiger partial charge in [-0.05, 0) is 24.6 Å². The van der Waals surface area contributed by atoms with Crippen LogP contribution in [0.5, 0.6) is 5.75 Å². The Bertz CT molecular complexity index is 961. The molecule has 2 aromatic carbocycles. The number of amides is 1. The van der Waals surface area contributed by atoms with Gasteiger partial charge in [-0.1, -0.05) is 48.0 Å². The number of likely N-dealkylation sites (N-methyl/N-ethyl adjacent to an activating group) is 1. The predicted octanol–water partition coefficient (Wildman–Crippen LogP) is 3.92. The molecular formula is C23H25N3O2. The molecule has 1 heterocycles. The van der Waals surface area contributed by atoms with Gasteiger partial charge in [0.25, 0.3) is 0 Å². The third-order valence-electron chi connectivity index (χ3n) is 4.48. The van der Waals surface area contributed by atoms with Crippen LogP contribution in [-0.2, 0) is 17.9 Å². The minimum Gasteiger partial charge on any atom is -0.496 e. The van der Waals surface area contributed by atoms with Crippen molar-refractivity contribution in [1.82, 2.24) is 14.7 Å². The van der Waals surface area contributed by atoms with Gasteiger partial charge in [-0.25, -0.2) is 0 Å². The molecule has 0 N–H and O–H groups in total. The maximum absolute atomic E-state index is 12.5. The zero-order chi connectivity index (χ0) is 19.9. The summed E-state index contributed by atoms with van der Waals surface area (Å²) in [6.45, 7) is 3.22. The van der Waals surface area contributed by atoms with Crippen molar-refractivity contribution >= 4 is 12.0 Å². The molecule has 0 atom stereocenters. The Balaban J connectivity index is 1.61. The van der Waals surface area contributed by atoms with Gasteiger partial charge in [-0.3, -0.25) is 9.48 Å². The van der Waals surface area contributed by atoms with Gasteiger partial charge in [0.05, 0.1) is 19.9 Å². The Morgan fingerprint density at radius 2 is 2.00 bits per heavy atom. The smallest absolute Gasteiger partial charge is 0.246 e. The fraction of sp³-hybridized carbons (Fsp3) is 0.217. The summed E-state index contributed by atoms with van der Waals surface area (Å²) >= 11 is 0. The first-order valence-corrected chi connectivity index (χ1v) is 9.18. The van der Waals surface area contributed by atoms with E-state index in [-0.39, 0.29) is 5.91 Å². The number of benzene rings is 2. The van der Waals surface area contributed by atoms with E-state index >= 15 is 0 Å². The van der Waals surface area contributed by atoms with Crippen LogP contribution in [-0.4, -0.2) is 34.7 Å². The summed E-state index contributed by atoms with van der Waals surface area (Å²) in [5, 5.41) is 4.36. The largest absolute Gasteiger partial charge is 0.496 e. The Labute approximate surface area is 165 Å². The van der Waals surface area contributed by atoms with Crippen molar-refractivity contribution in [3.8, 4) is 5.75 Å². The van der Waals surface area contributed by atoms with Crippen LogP contribution in [0.3, 0.4) is 0 Å². The van der Waals surface area contributed by atoms with E-state index in [4.69, 9.17) is 4.74 Å². The van der Waals surface area contributed by atoms with Crippen molar-refractivity contribution in [2.75, 3.05) is 14.2 Å². The minimum absolute atomic E-state index is 0.0700. The Morgan fingerprint density at radius 1 is 1.21 bits per heavy atom. The van der Waals surface area contributed by atoms with Crippen LogP contribution < -0.4 is 4.74 Å². The SMILES string of the molecule is COc1ccc(C)cc1CN(C)C(=O)/C=C/c1cnn(Cc2ccccc2)c1. The van der Waals surface area contributed by atoms with Gasteiger partial charge in [0.1, 0.15) is 5.75 Å². The molecule has 144 valence electrons. The fourth-order valence-electron chi connectivity index (χ4n) is 2.98. The van der Waals surface area contributed by atoms with E-state index in [2.05, 4.69) is 17.2 Å². The first-order chi connectivity index (χ1) is 13.5.